The number of hydrogen-bond donors (Lipinski definition) is 1. The van der Waals surface area contributed by atoms with Crippen molar-refractivity contribution in [2.24, 2.45) is 0 Å². The SMILES string of the molecule is O[C@H]1[C@@H]2O[C@@H](c3ccccc3)O[C@H]2O[C@H]2CO[C@@H](c3ccccc3)O[C@@H]12. The zero-order valence-corrected chi connectivity index (χ0v) is 14.0. The predicted molar refractivity (Wildman–Crippen MR) is 89.8 cm³/mol. The van der Waals surface area contributed by atoms with Crippen LogP contribution in [0, 0.1) is 0 Å². The van der Waals surface area contributed by atoms with Gasteiger partial charge >= 0.3 is 0 Å². The van der Waals surface area contributed by atoms with Gasteiger partial charge in [0.2, 0.25) is 0 Å². The number of rotatable bonds is 2. The highest BCUT2D eigenvalue weighted by Crippen LogP contribution is 2.41. The van der Waals surface area contributed by atoms with E-state index in [9.17, 15) is 5.11 Å². The summed E-state index contributed by atoms with van der Waals surface area (Å²) < 4.78 is 29.6. The van der Waals surface area contributed by atoms with Gasteiger partial charge in [-0.25, -0.2) is 0 Å². The van der Waals surface area contributed by atoms with E-state index in [1.54, 1.807) is 0 Å². The average Bonchev–Trinajstić information content (AvgIpc) is 3.14. The monoisotopic (exact) mass is 356 g/mol. The van der Waals surface area contributed by atoms with Gasteiger partial charge < -0.3 is 28.8 Å². The molecule has 6 nitrogen and oxygen atoms in total. The minimum Gasteiger partial charge on any atom is -0.387 e. The molecule has 0 bridgehead atoms. The molecule has 3 heterocycles. The number of aliphatic hydroxyl groups is 1. The lowest BCUT2D eigenvalue weighted by molar-refractivity contribution is -0.338. The van der Waals surface area contributed by atoms with Crippen molar-refractivity contribution in [3.05, 3.63) is 71.8 Å². The molecule has 3 fully saturated rings. The molecule has 26 heavy (non-hydrogen) atoms. The molecule has 3 saturated heterocycles. The third-order valence-electron chi connectivity index (χ3n) is 4.99. The van der Waals surface area contributed by atoms with Gasteiger partial charge in [-0.1, -0.05) is 60.7 Å². The molecule has 3 aliphatic heterocycles. The van der Waals surface area contributed by atoms with Gasteiger partial charge in [0.05, 0.1) is 6.61 Å². The van der Waals surface area contributed by atoms with Crippen molar-refractivity contribution in [2.75, 3.05) is 6.61 Å². The Labute approximate surface area is 151 Å². The number of fused-ring (bicyclic) bond motifs is 2. The zero-order valence-electron chi connectivity index (χ0n) is 14.0. The summed E-state index contributed by atoms with van der Waals surface area (Å²) in [6.07, 6.45) is -4.13. The molecule has 1 N–H and O–H groups in total. The zero-order chi connectivity index (χ0) is 17.5. The molecule has 0 amide bonds. The Bertz CT molecular complexity index is 701. The molecule has 136 valence electrons. The Hall–Kier alpha value is -1.80. The minimum absolute atomic E-state index is 0.323. The standard InChI is InChI=1S/C20H20O6/c21-15-16-14(11-22-18(24-16)12-7-3-1-4-8-12)23-20-17(15)25-19(26-20)13-9-5-2-6-10-13/h1-10,14-21H,11H2/t14-,15+,16+,17-,18+,19+,20+/m0/s1. The van der Waals surface area contributed by atoms with Gasteiger partial charge in [-0.05, 0) is 0 Å². The van der Waals surface area contributed by atoms with E-state index < -0.39 is 43.3 Å². The molecule has 3 aliphatic rings. The fourth-order valence-electron chi connectivity index (χ4n) is 3.66. The number of benzene rings is 2. The Morgan fingerprint density at radius 1 is 0.692 bits per heavy atom. The first-order valence-electron chi connectivity index (χ1n) is 8.81. The molecule has 0 saturated carbocycles. The quantitative estimate of drug-likeness (QED) is 0.891. The fourth-order valence-corrected chi connectivity index (χ4v) is 3.66. The van der Waals surface area contributed by atoms with Crippen LogP contribution in [0.2, 0.25) is 0 Å². The van der Waals surface area contributed by atoms with Crippen LogP contribution in [0.3, 0.4) is 0 Å². The summed E-state index contributed by atoms with van der Waals surface area (Å²) in [5, 5.41) is 10.8. The van der Waals surface area contributed by atoms with Crippen LogP contribution in [-0.4, -0.2) is 42.4 Å². The van der Waals surface area contributed by atoms with Crippen molar-refractivity contribution in [2.45, 2.75) is 43.3 Å². The predicted octanol–water partition coefficient (Wildman–Crippen LogP) is 2.30. The third-order valence-corrected chi connectivity index (χ3v) is 4.99. The number of aliphatic hydroxyl groups excluding tert-OH is 1. The largest absolute Gasteiger partial charge is 0.387 e. The van der Waals surface area contributed by atoms with Crippen molar-refractivity contribution in [1.82, 2.24) is 0 Å². The lowest BCUT2D eigenvalue weighted by atomic mass is 9.98. The normalized spacial score (nSPS) is 39.2. The summed E-state index contributed by atoms with van der Waals surface area (Å²) in [6, 6.07) is 19.3. The van der Waals surface area contributed by atoms with E-state index in [0.29, 0.717) is 6.61 Å². The van der Waals surface area contributed by atoms with E-state index in [1.807, 2.05) is 60.7 Å². The summed E-state index contributed by atoms with van der Waals surface area (Å²) in [7, 11) is 0. The van der Waals surface area contributed by atoms with Gasteiger partial charge in [-0.15, -0.1) is 0 Å². The second-order valence-corrected chi connectivity index (χ2v) is 6.69. The second-order valence-electron chi connectivity index (χ2n) is 6.69. The molecule has 0 spiro atoms. The van der Waals surface area contributed by atoms with Gasteiger partial charge in [0, 0.05) is 11.1 Å². The summed E-state index contributed by atoms with van der Waals surface area (Å²) in [5.41, 5.74) is 1.80. The molecular formula is C20H20O6. The van der Waals surface area contributed by atoms with Crippen molar-refractivity contribution < 1.29 is 28.8 Å². The average molecular weight is 356 g/mol. The topological polar surface area (TPSA) is 66.4 Å². The molecule has 2 aromatic rings. The van der Waals surface area contributed by atoms with E-state index >= 15 is 0 Å². The number of ether oxygens (including phenoxy) is 5. The van der Waals surface area contributed by atoms with Crippen LogP contribution < -0.4 is 0 Å². The summed E-state index contributed by atoms with van der Waals surface area (Å²) in [4.78, 5) is 0. The van der Waals surface area contributed by atoms with Crippen LogP contribution >= 0.6 is 0 Å². The van der Waals surface area contributed by atoms with E-state index in [1.165, 1.54) is 0 Å². The molecular weight excluding hydrogens is 336 g/mol. The van der Waals surface area contributed by atoms with Crippen LogP contribution in [0.4, 0.5) is 0 Å². The summed E-state index contributed by atoms with van der Waals surface area (Å²) >= 11 is 0. The van der Waals surface area contributed by atoms with Crippen LogP contribution in [0.5, 0.6) is 0 Å². The van der Waals surface area contributed by atoms with Gasteiger partial charge in [0.1, 0.15) is 24.4 Å². The Morgan fingerprint density at radius 3 is 2.00 bits per heavy atom. The number of hydrogen-bond acceptors (Lipinski definition) is 6. The van der Waals surface area contributed by atoms with Crippen molar-refractivity contribution in [1.29, 1.82) is 0 Å². The van der Waals surface area contributed by atoms with E-state index in [2.05, 4.69) is 0 Å². The lowest BCUT2D eigenvalue weighted by Crippen LogP contribution is -2.60. The molecule has 7 atom stereocenters. The molecule has 6 heteroatoms. The van der Waals surface area contributed by atoms with Gasteiger partial charge in [0.25, 0.3) is 0 Å². The first-order valence-corrected chi connectivity index (χ1v) is 8.81. The second kappa shape index (κ2) is 6.74. The summed E-state index contributed by atoms with van der Waals surface area (Å²) in [6.45, 7) is 0.323. The maximum atomic E-state index is 10.8. The molecule has 0 radical (unpaired) electrons. The molecule has 0 aliphatic carbocycles. The first-order chi connectivity index (χ1) is 12.8. The molecule has 2 aromatic carbocycles. The Balaban J connectivity index is 1.33. The van der Waals surface area contributed by atoms with E-state index in [-0.39, 0.29) is 0 Å². The fraction of sp³-hybridized carbons (Fsp3) is 0.400. The lowest BCUT2D eigenvalue weighted by Gasteiger charge is -2.44. The third kappa shape index (κ3) is 2.85. The highest BCUT2D eigenvalue weighted by Gasteiger charge is 2.54. The highest BCUT2D eigenvalue weighted by molar-refractivity contribution is 5.18. The maximum absolute atomic E-state index is 10.8. The Kier molecular flexibility index (Phi) is 4.24. The van der Waals surface area contributed by atoms with Crippen LogP contribution in [0.1, 0.15) is 23.7 Å². The van der Waals surface area contributed by atoms with Crippen molar-refractivity contribution in [3.8, 4) is 0 Å². The van der Waals surface area contributed by atoms with E-state index in [0.717, 1.165) is 11.1 Å². The van der Waals surface area contributed by atoms with Gasteiger partial charge in [-0.3, -0.25) is 0 Å². The molecule has 5 rings (SSSR count). The highest BCUT2D eigenvalue weighted by atomic mass is 16.8. The van der Waals surface area contributed by atoms with E-state index in [4.69, 9.17) is 23.7 Å². The van der Waals surface area contributed by atoms with Crippen LogP contribution in [-0.2, 0) is 23.7 Å². The van der Waals surface area contributed by atoms with Crippen molar-refractivity contribution in [3.63, 3.8) is 0 Å². The first kappa shape index (κ1) is 16.4. The van der Waals surface area contributed by atoms with Crippen LogP contribution in [0.15, 0.2) is 60.7 Å². The molecule has 0 unspecified atom stereocenters. The van der Waals surface area contributed by atoms with Crippen LogP contribution in [0.25, 0.3) is 0 Å². The minimum atomic E-state index is -0.859. The smallest absolute Gasteiger partial charge is 0.190 e. The summed E-state index contributed by atoms with van der Waals surface area (Å²) in [5.74, 6) is 0. The van der Waals surface area contributed by atoms with Gasteiger partial charge in [-0.2, -0.15) is 0 Å². The van der Waals surface area contributed by atoms with Gasteiger partial charge in [0.15, 0.2) is 18.9 Å². The maximum Gasteiger partial charge on any atom is 0.190 e. The van der Waals surface area contributed by atoms with Crippen molar-refractivity contribution >= 4 is 0 Å². The molecule has 0 aromatic heterocycles. The Morgan fingerprint density at radius 2 is 1.31 bits per heavy atom.